The number of alkyl halides is 2. The number of carbonyl (C=O) groups excluding carboxylic acids is 1. The summed E-state index contributed by atoms with van der Waals surface area (Å²) in [5, 5.41) is 11.5. The maximum absolute atomic E-state index is 12.5. The summed E-state index contributed by atoms with van der Waals surface area (Å²) in [6.07, 6.45) is 1.56. The molecule has 0 atom stereocenters. The van der Waals surface area contributed by atoms with Gasteiger partial charge in [-0.25, -0.2) is 0 Å². The normalized spacial score (nSPS) is 11.2. The van der Waals surface area contributed by atoms with E-state index in [0.717, 1.165) is 0 Å². The van der Waals surface area contributed by atoms with Gasteiger partial charge < -0.3 is 14.5 Å². The van der Waals surface area contributed by atoms with E-state index in [2.05, 4.69) is 34.1 Å². The van der Waals surface area contributed by atoms with Gasteiger partial charge in [-0.3, -0.25) is 9.36 Å². The minimum atomic E-state index is -2.97. The van der Waals surface area contributed by atoms with Crippen LogP contribution in [0, 0.1) is 5.92 Å². The molecular formula is C19H20F2N4O3S. The summed E-state index contributed by atoms with van der Waals surface area (Å²) in [6.45, 7) is 1.80. The van der Waals surface area contributed by atoms with Gasteiger partial charge in [0.05, 0.1) is 17.7 Å². The lowest BCUT2D eigenvalue weighted by atomic mass is 10.2. The van der Waals surface area contributed by atoms with Crippen molar-refractivity contribution in [1.29, 1.82) is 0 Å². The van der Waals surface area contributed by atoms with Crippen LogP contribution in [0.2, 0.25) is 0 Å². The minimum Gasteiger partial charge on any atom is -0.461 e. The highest BCUT2D eigenvalue weighted by molar-refractivity contribution is 7.99. The number of thioether (sulfide) groups is 1. The Kier molecular flexibility index (Phi) is 6.86. The van der Waals surface area contributed by atoms with Crippen LogP contribution in [0.25, 0.3) is 11.6 Å². The number of anilines is 1. The van der Waals surface area contributed by atoms with E-state index in [-0.39, 0.29) is 23.1 Å². The van der Waals surface area contributed by atoms with Crippen LogP contribution in [-0.4, -0.2) is 33.0 Å². The van der Waals surface area contributed by atoms with E-state index in [1.807, 2.05) is 4.57 Å². The number of hydrogen-bond acceptors (Lipinski definition) is 6. The second-order valence-corrected chi connectivity index (χ2v) is 7.44. The number of ether oxygens (including phenoxy) is 1. The summed E-state index contributed by atoms with van der Waals surface area (Å²) < 4.78 is 36.8. The lowest BCUT2D eigenvalue weighted by Crippen LogP contribution is -2.16. The average molecular weight is 422 g/mol. The molecule has 0 saturated heterocycles. The third-order valence-electron chi connectivity index (χ3n) is 3.72. The molecule has 0 aliphatic heterocycles. The zero-order chi connectivity index (χ0) is 20.8. The molecule has 10 heteroatoms. The highest BCUT2D eigenvalue weighted by atomic mass is 32.2. The summed E-state index contributed by atoms with van der Waals surface area (Å²) in [4.78, 5) is 12.3. The topological polar surface area (TPSA) is 82.2 Å². The Morgan fingerprint density at radius 2 is 2.03 bits per heavy atom. The van der Waals surface area contributed by atoms with Crippen molar-refractivity contribution in [2.75, 3.05) is 11.1 Å². The molecule has 3 aromatic rings. The van der Waals surface area contributed by atoms with Crippen LogP contribution in [0.5, 0.6) is 5.75 Å². The van der Waals surface area contributed by atoms with Crippen LogP contribution in [0.4, 0.5) is 14.5 Å². The molecule has 7 nitrogen and oxygen atoms in total. The number of nitrogens with zero attached hydrogens (tertiary/aromatic N) is 3. The first-order valence-corrected chi connectivity index (χ1v) is 9.86. The molecule has 29 heavy (non-hydrogen) atoms. The number of rotatable bonds is 9. The molecule has 0 bridgehead atoms. The molecule has 0 radical (unpaired) electrons. The lowest BCUT2D eigenvalue weighted by molar-refractivity contribution is -0.113. The molecule has 1 aromatic carbocycles. The van der Waals surface area contributed by atoms with E-state index in [1.165, 1.54) is 23.9 Å². The number of amides is 1. The van der Waals surface area contributed by atoms with Gasteiger partial charge in [-0.2, -0.15) is 8.78 Å². The minimum absolute atomic E-state index is 0.0252. The smallest absolute Gasteiger partial charge is 0.387 e. The summed E-state index contributed by atoms with van der Waals surface area (Å²) in [6, 6.07) is 9.59. The van der Waals surface area contributed by atoms with Crippen molar-refractivity contribution in [3.8, 4) is 17.3 Å². The molecule has 1 N–H and O–H groups in total. The Balaban J connectivity index is 1.69. The monoisotopic (exact) mass is 422 g/mol. The Morgan fingerprint density at radius 3 is 2.72 bits per heavy atom. The van der Waals surface area contributed by atoms with Crippen LogP contribution in [0.15, 0.2) is 52.2 Å². The molecular weight excluding hydrogens is 402 g/mol. The van der Waals surface area contributed by atoms with Gasteiger partial charge in [0.1, 0.15) is 5.75 Å². The summed E-state index contributed by atoms with van der Waals surface area (Å²) in [5.74, 6) is 1.06. The molecule has 2 aromatic heterocycles. The number of benzene rings is 1. The number of furan rings is 1. The van der Waals surface area contributed by atoms with Crippen LogP contribution in [-0.2, 0) is 11.3 Å². The first-order valence-electron chi connectivity index (χ1n) is 8.87. The van der Waals surface area contributed by atoms with Crippen molar-refractivity contribution in [2.45, 2.75) is 32.2 Å². The van der Waals surface area contributed by atoms with E-state index in [9.17, 15) is 13.6 Å². The van der Waals surface area contributed by atoms with Crippen molar-refractivity contribution < 1.29 is 22.7 Å². The van der Waals surface area contributed by atoms with Gasteiger partial charge in [0.15, 0.2) is 16.7 Å². The molecule has 0 aliphatic carbocycles. The number of carbonyl (C=O) groups is 1. The predicted octanol–water partition coefficient (Wildman–Crippen LogP) is 4.53. The summed E-state index contributed by atoms with van der Waals surface area (Å²) in [5.41, 5.74) is 0.179. The largest absolute Gasteiger partial charge is 0.461 e. The van der Waals surface area contributed by atoms with Crippen molar-refractivity contribution in [3.63, 3.8) is 0 Å². The third kappa shape index (κ3) is 5.57. The maximum Gasteiger partial charge on any atom is 0.387 e. The molecule has 154 valence electrons. The SMILES string of the molecule is CC(C)Cn1c(SCC(=O)Nc2ccccc2OC(F)F)nnc1-c1ccco1. The van der Waals surface area contributed by atoms with Gasteiger partial charge in [0, 0.05) is 6.54 Å². The lowest BCUT2D eigenvalue weighted by Gasteiger charge is -2.12. The Labute approximate surface area is 170 Å². The van der Waals surface area contributed by atoms with Crippen molar-refractivity contribution in [3.05, 3.63) is 42.7 Å². The fourth-order valence-electron chi connectivity index (χ4n) is 2.60. The Bertz CT molecular complexity index is 945. The van der Waals surface area contributed by atoms with Gasteiger partial charge in [-0.15, -0.1) is 10.2 Å². The number of halogens is 2. The maximum atomic E-state index is 12.5. The van der Waals surface area contributed by atoms with E-state index in [0.29, 0.717) is 29.2 Å². The van der Waals surface area contributed by atoms with Crippen LogP contribution in [0.3, 0.4) is 0 Å². The molecule has 3 rings (SSSR count). The molecule has 0 fully saturated rings. The highest BCUT2D eigenvalue weighted by Crippen LogP contribution is 2.28. The van der Waals surface area contributed by atoms with Crippen LogP contribution < -0.4 is 10.1 Å². The quantitative estimate of drug-likeness (QED) is 0.511. The van der Waals surface area contributed by atoms with E-state index in [1.54, 1.807) is 30.5 Å². The van der Waals surface area contributed by atoms with Crippen molar-refractivity contribution in [2.24, 2.45) is 5.92 Å². The van der Waals surface area contributed by atoms with E-state index < -0.39 is 6.61 Å². The second kappa shape index (κ2) is 9.55. The Hall–Kier alpha value is -2.88. The number of aromatic nitrogens is 3. The third-order valence-corrected chi connectivity index (χ3v) is 4.68. The fourth-order valence-corrected chi connectivity index (χ4v) is 3.35. The highest BCUT2D eigenvalue weighted by Gasteiger charge is 2.19. The summed E-state index contributed by atoms with van der Waals surface area (Å²) >= 11 is 1.20. The number of para-hydroxylation sites is 2. The second-order valence-electron chi connectivity index (χ2n) is 6.50. The Morgan fingerprint density at radius 1 is 1.24 bits per heavy atom. The molecule has 2 heterocycles. The number of nitrogens with one attached hydrogen (secondary N) is 1. The standard InChI is InChI=1S/C19H20F2N4O3S/c1-12(2)10-25-17(15-8-5-9-27-15)23-24-19(25)29-11-16(26)22-13-6-3-4-7-14(13)28-18(20)21/h3-9,12,18H,10-11H2,1-2H3,(H,22,26). The van der Waals surface area contributed by atoms with Gasteiger partial charge in [0.25, 0.3) is 0 Å². The first kappa shape index (κ1) is 20.8. The fraction of sp³-hybridized carbons (Fsp3) is 0.316. The average Bonchev–Trinajstić information content (AvgIpc) is 3.31. The van der Waals surface area contributed by atoms with Gasteiger partial charge >= 0.3 is 6.61 Å². The zero-order valence-electron chi connectivity index (χ0n) is 15.8. The predicted molar refractivity (Wildman–Crippen MR) is 105 cm³/mol. The van der Waals surface area contributed by atoms with E-state index >= 15 is 0 Å². The van der Waals surface area contributed by atoms with Crippen LogP contribution in [0.1, 0.15) is 13.8 Å². The van der Waals surface area contributed by atoms with Crippen LogP contribution >= 0.6 is 11.8 Å². The van der Waals surface area contributed by atoms with Gasteiger partial charge in [-0.05, 0) is 30.2 Å². The molecule has 1 amide bonds. The van der Waals surface area contributed by atoms with E-state index in [4.69, 9.17) is 4.42 Å². The molecule has 0 saturated carbocycles. The van der Waals surface area contributed by atoms with Gasteiger partial charge in [0.2, 0.25) is 5.91 Å². The molecule has 0 unspecified atom stereocenters. The zero-order valence-corrected chi connectivity index (χ0v) is 16.7. The summed E-state index contributed by atoms with van der Waals surface area (Å²) in [7, 11) is 0. The molecule has 0 spiro atoms. The van der Waals surface area contributed by atoms with Crippen molar-refractivity contribution >= 4 is 23.4 Å². The van der Waals surface area contributed by atoms with Crippen molar-refractivity contribution in [1.82, 2.24) is 14.8 Å². The van der Waals surface area contributed by atoms with Gasteiger partial charge in [-0.1, -0.05) is 37.7 Å². The first-order chi connectivity index (χ1) is 13.9. The number of hydrogen-bond donors (Lipinski definition) is 1. The molecule has 0 aliphatic rings.